The van der Waals surface area contributed by atoms with Gasteiger partial charge in [0.25, 0.3) is 0 Å². The van der Waals surface area contributed by atoms with Crippen molar-refractivity contribution in [1.29, 1.82) is 0 Å². The standard InChI is InChI=1S/C9H10Cl2O/c1-6(10)4-9(8(3)12)5-7(2)11/h4-5,12H,1,3H2,2H3/b7-5+,9-4+. The fourth-order valence-corrected chi connectivity index (χ4v) is 0.826. The number of hydrogen-bond donors (Lipinski definition) is 1. The SMILES string of the molecule is C=C(Cl)/C=C(\C=C(/C)Cl)C(=C)O. The summed E-state index contributed by atoms with van der Waals surface area (Å²) in [6, 6.07) is 0. The second-order valence-corrected chi connectivity index (χ2v) is 3.31. The number of aliphatic hydroxyl groups is 1. The fraction of sp³-hybridized carbons (Fsp3) is 0.111. The van der Waals surface area contributed by atoms with E-state index in [1.165, 1.54) is 6.08 Å². The molecule has 3 heteroatoms. The van der Waals surface area contributed by atoms with E-state index in [4.69, 9.17) is 28.3 Å². The van der Waals surface area contributed by atoms with Crippen LogP contribution >= 0.6 is 23.2 Å². The summed E-state index contributed by atoms with van der Waals surface area (Å²) in [5, 5.41) is 9.89. The zero-order valence-electron chi connectivity index (χ0n) is 6.77. The predicted octanol–water partition coefficient (Wildman–Crippen LogP) is 3.88. The van der Waals surface area contributed by atoms with Gasteiger partial charge in [-0.15, -0.1) is 0 Å². The van der Waals surface area contributed by atoms with Gasteiger partial charge >= 0.3 is 0 Å². The molecule has 0 aromatic carbocycles. The average molecular weight is 205 g/mol. The molecule has 0 atom stereocenters. The molecule has 0 aliphatic rings. The highest BCUT2D eigenvalue weighted by Crippen LogP contribution is 2.15. The summed E-state index contributed by atoms with van der Waals surface area (Å²) in [7, 11) is 0. The van der Waals surface area contributed by atoms with Gasteiger partial charge < -0.3 is 5.11 Å². The summed E-state index contributed by atoms with van der Waals surface area (Å²) < 4.78 is 0. The van der Waals surface area contributed by atoms with Gasteiger partial charge in [-0.1, -0.05) is 36.4 Å². The van der Waals surface area contributed by atoms with Gasteiger partial charge in [0, 0.05) is 15.6 Å². The lowest BCUT2D eigenvalue weighted by atomic mass is 10.2. The van der Waals surface area contributed by atoms with E-state index >= 15 is 0 Å². The van der Waals surface area contributed by atoms with Gasteiger partial charge in [0.1, 0.15) is 5.76 Å². The first-order chi connectivity index (χ1) is 5.43. The smallest absolute Gasteiger partial charge is 0.115 e. The fourth-order valence-electron chi connectivity index (χ4n) is 0.591. The van der Waals surface area contributed by atoms with Gasteiger partial charge in [-0.2, -0.15) is 0 Å². The molecule has 0 radical (unpaired) electrons. The number of allylic oxidation sites excluding steroid dienone is 4. The van der Waals surface area contributed by atoms with Crippen LogP contribution in [0.1, 0.15) is 6.92 Å². The Kier molecular flexibility index (Phi) is 4.79. The lowest BCUT2D eigenvalue weighted by molar-refractivity contribution is 0.429. The van der Waals surface area contributed by atoms with Gasteiger partial charge in [-0.05, 0) is 19.1 Å². The van der Waals surface area contributed by atoms with Crippen molar-refractivity contribution in [1.82, 2.24) is 0 Å². The Morgan fingerprint density at radius 1 is 1.25 bits per heavy atom. The third-order valence-corrected chi connectivity index (χ3v) is 1.22. The monoisotopic (exact) mass is 204 g/mol. The van der Waals surface area contributed by atoms with Crippen LogP contribution < -0.4 is 0 Å². The Balaban J connectivity index is 4.81. The normalized spacial score (nSPS) is 12.9. The minimum Gasteiger partial charge on any atom is -0.508 e. The second kappa shape index (κ2) is 5.07. The molecular formula is C9H10Cl2O. The molecule has 0 amide bonds. The van der Waals surface area contributed by atoms with Gasteiger partial charge in [0.15, 0.2) is 0 Å². The summed E-state index contributed by atoms with van der Waals surface area (Å²) in [6.07, 6.45) is 3.03. The molecule has 0 aliphatic carbocycles. The molecule has 0 saturated carbocycles. The molecule has 0 aliphatic heterocycles. The van der Waals surface area contributed by atoms with E-state index in [1.807, 2.05) is 0 Å². The van der Waals surface area contributed by atoms with Crippen molar-refractivity contribution >= 4 is 23.2 Å². The molecule has 0 unspecified atom stereocenters. The zero-order chi connectivity index (χ0) is 9.72. The zero-order valence-corrected chi connectivity index (χ0v) is 8.28. The molecule has 0 heterocycles. The Bertz CT molecular complexity index is 258. The summed E-state index contributed by atoms with van der Waals surface area (Å²) in [4.78, 5) is 0. The highest BCUT2D eigenvalue weighted by atomic mass is 35.5. The van der Waals surface area contributed by atoms with Crippen LogP contribution in [0.4, 0.5) is 0 Å². The van der Waals surface area contributed by atoms with Crippen LogP contribution in [0.2, 0.25) is 0 Å². The quantitative estimate of drug-likeness (QED) is 0.547. The van der Waals surface area contributed by atoms with Crippen molar-refractivity contribution in [2.45, 2.75) is 6.92 Å². The maximum absolute atomic E-state index is 9.04. The summed E-state index contributed by atoms with van der Waals surface area (Å²) in [6.45, 7) is 8.48. The van der Waals surface area contributed by atoms with Crippen molar-refractivity contribution in [3.05, 3.63) is 46.7 Å². The van der Waals surface area contributed by atoms with E-state index in [1.54, 1.807) is 13.0 Å². The highest BCUT2D eigenvalue weighted by Gasteiger charge is 1.97. The Hall–Kier alpha value is -0.660. The number of aliphatic hydroxyl groups excluding tert-OH is 1. The van der Waals surface area contributed by atoms with E-state index in [2.05, 4.69) is 13.2 Å². The first-order valence-electron chi connectivity index (χ1n) is 3.21. The molecule has 0 aromatic rings. The van der Waals surface area contributed by atoms with Crippen LogP contribution in [-0.2, 0) is 0 Å². The van der Waals surface area contributed by atoms with Gasteiger partial charge in [-0.3, -0.25) is 0 Å². The molecular weight excluding hydrogens is 195 g/mol. The van der Waals surface area contributed by atoms with E-state index in [9.17, 15) is 0 Å². The molecule has 1 nitrogen and oxygen atoms in total. The molecule has 0 rings (SSSR count). The van der Waals surface area contributed by atoms with Gasteiger partial charge in [-0.25, -0.2) is 0 Å². The number of hydrogen-bond acceptors (Lipinski definition) is 1. The van der Waals surface area contributed by atoms with E-state index in [0.717, 1.165) is 0 Å². The van der Waals surface area contributed by atoms with Gasteiger partial charge in [0.2, 0.25) is 0 Å². The minimum absolute atomic E-state index is 0.0863. The van der Waals surface area contributed by atoms with Crippen LogP contribution in [0.3, 0.4) is 0 Å². The molecule has 0 saturated heterocycles. The minimum atomic E-state index is -0.0863. The summed E-state index contributed by atoms with van der Waals surface area (Å²) in [5.74, 6) is -0.0863. The van der Waals surface area contributed by atoms with Crippen molar-refractivity contribution in [2.24, 2.45) is 0 Å². The van der Waals surface area contributed by atoms with Crippen LogP contribution in [-0.4, -0.2) is 5.11 Å². The van der Waals surface area contributed by atoms with Crippen molar-refractivity contribution in [3.8, 4) is 0 Å². The molecule has 0 aromatic heterocycles. The first-order valence-corrected chi connectivity index (χ1v) is 3.97. The molecule has 66 valence electrons. The van der Waals surface area contributed by atoms with Crippen molar-refractivity contribution in [3.63, 3.8) is 0 Å². The lowest BCUT2D eigenvalue weighted by Crippen LogP contribution is -1.83. The Morgan fingerprint density at radius 3 is 2.00 bits per heavy atom. The van der Waals surface area contributed by atoms with Crippen LogP contribution in [0, 0.1) is 0 Å². The van der Waals surface area contributed by atoms with E-state index < -0.39 is 0 Å². The Morgan fingerprint density at radius 2 is 1.75 bits per heavy atom. The molecule has 1 N–H and O–H groups in total. The Labute approximate surface area is 82.3 Å². The maximum Gasteiger partial charge on any atom is 0.115 e. The van der Waals surface area contributed by atoms with Crippen LogP contribution in [0.5, 0.6) is 0 Å². The summed E-state index contributed by atoms with van der Waals surface area (Å²) >= 11 is 11.1. The van der Waals surface area contributed by atoms with Gasteiger partial charge in [0.05, 0.1) is 0 Å². The highest BCUT2D eigenvalue weighted by molar-refractivity contribution is 6.31. The maximum atomic E-state index is 9.04. The van der Waals surface area contributed by atoms with Crippen molar-refractivity contribution < 1.29 is 5.11 Å². The molecule has 0 spiro atoms. The molecule has 0 fully saturated rings. The topological polar surface area (TPSA) is 20.2 Å². The predicted molar refractivity (Wildman–Crippen MR) is 54.5 cm³/mol. The molecule has 0 bridgehead atoms. The first kappa shape index (κ1) is 11.3. The number of halogens is 2. The number of rotatable bonds is 3. The molecule has 12 heavy (non-hydrogen) atoms. The van der Waals surface area contributed by atoms with Crippen molar-refractivity contribution in [2.75, 3.05) is 0 Å². The lowest BCUT2D eigenvalue weighted by Gasteiger charge is -1.98. The van der Waals surface area contributed by atoms with E-state index in [-0.39, 0.29) is 5.76 Å². The average Bonchev–Trinajstić information content (AvgIpc) is 1.83. The largest absolute Gasteiger partial charge is 0.508 e. The third kappa shape index (κ3) is 5.05. The second-order valence-electron chi connectivity index (χ2n) is 2.22. The van der Waals surface area contributed by atoms with Crippen LogP contribution in [0.25, 0.3) is 0 Å². The summed E-state index contributed by atoms with van der Waals surface area (Å²) in [5.41, 5.74) is 0.461. The van der Waals surface area contributed by atoms with Crippen LogP contribution in [0.15, 0.2) is 46.7 Å². The van der Waals surface area contributed by atoms with E-state index in [0.29, 0.717) is 15.6 Å². The third-order valence-electron chi connectivity index (χ3n) is 1.000.